The lowest BCUT2D eigenvalue weighted by molar-refractivity contribution is 0.0951. The predicted octanol–water partition coefficient (Wildman–Crippen LogP) is 4.84. The molecule has 1 atom stereocenters. The van der Waals surface area contributed by atoms with Gasteiger partial charge in [-0.3, -0.25) is 4.79 Å². The number of hydrogen-bond acceptors (Lipinski definition) is 4. The van der Waals surface area contributed by atoms with Gasteiger partial charge in [0, 0.05) is 40.7 Å². The van der Waals surface area contributed by atoms with Crippen LogP contribution in [-0.4, -0.2) is 25.6 Å². The van der Waals surface area contributed by atoms with Crippen molar-refractivity contribution in [3.63, 3.8) is 0 Å². The van der Waals surface area contributed by atoms with Crippen LogP contribution >= 0.6 is 11.6 Å². The molecule has 1 saturated carbocycles. The summed E-state index contributed by atoms with van der Waals surface area (Å²) >= 11 is 6.66. The van der Waals surface area contributed by atoms with Gasteiger partial charge in [0.1, 0.15) is 5.75 Å². The fraction of sp³-hybridized carbons (Fsp3) is 0.269. The van der Waals surface area contributed by atoms with Gasteiger partial charge in [0.05, 0.1) is 12.7 Å². The molecular weight excluding hydrogens is 443 g/mol. The molecule has 7 heteroatoms. The molecule has 2 aliphatic rings. The van der Waals surface area contributed by atoms with E-state index in [1.807, 2.05) is 30.3 Å². The number of nitrogens with two attached hydrogens (primary N) is 1. The average Bonchev–Trinajstić information content (AvgIpc) is 3.56. The zero-order chi connectivity index (χ0) is 23.2. The summed E-state index contributed by atoms with van der Waals surface area (Å²) in [5.41, 5.74) is 7.78. The Balaban J connectivity index is 1.69. The van der Waals surface area contributed by atoms with Gasteiger partial charge in [0.2, 0.25) is 0 Å². The maximum Gasteiger partial charge on any atom is 0.252 e. The predicted molar refractivity (Wildman–Crippen MR) is 125 cm³/mol. The normalized spacial score (nSPS) is 19.0. The van der Waals surface area contributed by atoms with E-state index in [4.69, 9.17) is 26.8 Å². The number of hydrogen-bond donors (Lipinski definition) is 2. The number of fused-ring (bicyclic) bond motifs is 1. The molecule has 3 N–H and O–H groups in total. The number of methoxy groups -OCH3 is 1. The van der Waals surface area contributed by atoms with Crippen molar-refractivity contribution in [2.24, 2.45) is 5.73 Å². The highest BCUT2D eigenvalue weighted by Crippen LogP contribution is 2.49. The van der Waals surface area contributed by atoms with Gasteiger partial charge in [-0.25, -0.2) is 4.39 Å². The van der Waals surface area contributed by atoms with Crippen LogP contribution in [0.2, 0.25) is 5.02 Å². The molecule has 0 aromatic heterocycles. The monoisotopic (exact) mass is 466 g/mol. The van der Waals surface area contributed by atoms with Crippen LogP contribution in [0.3, 0.4) is 0 Å². The molecule has 170 valence electrons. The van der Waals surface area contributed by atoms with Gasteiger partial charge < -0.3 is 20.5 Å². The zero-order valence-electron chi connectivity index (χ0n) is 18.2. The molecule has 0 radical (unpaired) electrons. The number of benzene rings is 3. The number of nitrogens with one attached hydrogen (secondary N) is 1. The lowest BCUT2D eigenvalue weighted by atomic mass is 9.85. The van der Waals surface area contributed by atoms with Crippen molar-refractivity contribution in [1.82, 2.24) is 5.32 Å². The number of halogens is 2. The molecule has 5 rings (SSSR count). The smallest absolute Gasteiger partial charge is 0.252 e. The first-order valence-electron chi connectivity index (χ1n) is 10.9. The summed E-state index contributed by atoms with van der Waals surface area (Å²) in [5.74, 6) is -0.371. The second kappa shape index (κ2) is 8.36. The first-order chi connectivity index (χ1) is 16.0. The number of carbonyl (C=O) groups is 1. The molecule has 0 saturated heterocycles. The number of carbonyl (C=O) groups excluding carboxylic acids is 1. The van der Waals surface area contributed by atoms with Crippen molar-refractivity contribution in [2.45, 2.75) is 30.9 Å². The van der Waals surface area contributed by atoms with Crippen LogP contribution in [0.15, 0.2) is 54.6 Å². The molecule has 0 bridgehead atoms. The fourth-order valence-corrected chi connectivity index (χ4v) is 4.72. The van der Waals surface area contributed by atoms with Crippen molar-refractivity contribution in [2.75, 3.05) is 13.7 Å². The first-order valence-corrected chi connectivity index (χ1v) is 11.3. The van der Waals surface area contributed by atoms with Crippen molar-refractivity contribution < 1.29 is 18.7 Å². The quantitative estimate of drug-likeness (QED) is 0.545. The minimum absolute atomic E-state index is 0.0358. The lowest BCUT2D eigenvalue weighted by Crippen LogP contribution is -2.39. The van der Waals surface area contributed by atoms with Crippen LogP contribution in [0.4, 0.5) is 4.39 Å². The van der Waals surface area contributed by atoms with E-state index in [1.54, 1.807) is 18.2 Å². The van der Waals surface area contributed by atoms with Crippen LogP contribution in [0.1, 0.15) is 34.3 Å². The summed E-state index contributed by atoms with van der Waals surface area (Å²) in [4.78, 5) is 13.0. The minimum atomic E-state index is -0.811. The summed E-state index contributed by atoms with van der Waals surface area (Å²) in [6.45, 7) is 0.221. The van der Waals surface area contributed by atoms with E-state index in [-0.39, 0.29) is 35.4 Å². The second-order valence-electron chi connectivity index (χ2n) is 8.49. The lowest BCUT2D eigenvalue weighted by Gasteiger charge is -2.27. The third kappa shape index (κ3) is 3.73. The average molecular weight is 467 g/mol. The molecule has 33 heavy (non-hydrogen) atoms. The largest absolute Gasteiger partial charge is 0.494 e. The maximum atomic E-state index is 15.7. The number of ether oxygens (including phenoxy) is 2. The molecule has 1 heterocycles. The van der Waals surface area contributed by atoms with Gasteiger partial charge >= 0.3 is 0 Å². The summed E-state index contributed by atoms with van der Waals surface area (Å²) in [5, 5.41) is 3.27. The fourth-order valence-electron chi connectivity index (χ4n) is 4.45. The zero-order valence-corrected chi connectivity index (χ0v) is 18.9. The van der Waals surface area contributed by atoms with E-state index >= 15 is 4.39 Å². The number of rotatable bonds is 6. The van der Waals surface area contributed by atoms with Gasteiger partial charge in [0.25, 0.3) is 5.91 Å². The summed E-state index contributed by atoms with van der Waals surface area (Å²) in [6.07, 6.45) is 2.23. The molecule has 1 amide bonds. The molecule has 3 aromatic rings. The Morgan fingerprint density at radius 3 is 2.61 bits per heavy atom. The topological polar surface area (TPSA) is 73.6 Å². The van der Waals surface area contributed by atoms with Gasteiger partial charge in [-0.15, -0.1) is 0 Å². The highest BCUT2D eigenvalue weighted by molar-refractivity contribution is 6.34. The Morgan fingerprint density at radius 1 is 1.18 bits per heavy atom. The third-order valence-electron chi connectivity index (χ3n) is 6.35. The third-order valence-corrected chi connectivity index (χ3v) is 6.66. The Labute approximate surface area is 196 Å². The standard InChI is InChI=1S/C26H24ClFN2O3/c1-32-21-11-9-17(25(31)30-16-7-8-16)23(24(21)28)22-18-13-26(14-29,15-5-3-2-4-6-15)33-20(18)12-10-19(22)27/h2-6,9-12,16H,7-8,13-14,29H2,1H3,(H,30,31). The van der Waals surface area contributed by atoms with E-state index in [9.17, 15) is 4.79 Å². The highest BCUT2D eigenvalue weighted by Gasteiger charge is 2.42. The Bertz CT molecular complexity index is 1230. The Kier molecular flexibility index (Phi) is 5.51. The molecule has 3 aromatic carbocycles. The molecule has 1 fully saturated rings. The Morgan fingerprint density at radius 2 is 1.94 bits per heavy atom. The molecular formula is C26H24ClFN2O3. The van der Waals surface area contributed by atoms with Gasteiger partial charge in [-0.2, -0.15) is 0 Å². The van der Waals surface area contributed by atoms with E-state index in [0.29, 0.717) is 28.3 Å². The highest BCUT2D eigenvalue weighted by atomic mass is 35.5. The van der Waals surface area contributed by atoms with Gasteiger partial charge in [-0.1, -0.05) is 41.9 Å². The minimum Gasteiger partial charge on any atom is -0.494 e. The molecule has 0 spiro atoms. The van der Waals surface area contributed by atoms with Gasteiger partial charge in [-0.05, 0) is 42.7 Å². The molecule has 1 aliphatic heterocycles. The van der Waals surface area contributed by atoms with Crippen LogP contribution in [0, 0.1) is 5.82 Å². The van der Waals surface area contributed by atoms with Crippen molar-refractivity contribution >= 4 is 17.5 Å². The van der Waals surface area contributed by atoms with E-state index in [0.717, 1.165) is 18.4 Å². The summed E-state index contributed by atoms with van der Waals surface area (Å²) < 4.78 is 27.4. The van der Waals surface area contributed by atoms with Crippen LogP contribution in [0.25, 0.3) is 11.1 Å². The molecule has 1 unspecified atom stereocenters. The van der Waals surface area contributed by atoms with Crippen LogP contribution in [0.5, 0.6) is 11.5 Å². The van der Waals surface area contributed by atoms with Crippen molar-refractivity contribution in [3.8, 4) is 22.6 Å². The molecule has 1 aliphatic carbocycles. The van der Waals surface area contributed by atoms with Crippen LogP contribution in [-0.2, 0) is 12.0 Å². The SMILES string of the molecule is COc1ccc(C(=O)NC2CC2)c(-c2c(Cl)ccc3c2CC(CN)(c2ccccc2)O3)c1F. The summed E-state index contributed by atoms with van der Waals surface area (Å²) in [6, 6.07) is 16.3. The molecule has 5 nitrogen and oxygen atoms in total. The van der Waals surface area contributed by atoms with E-state index < -0.39 is 11.4 Å². The maximum absolute atomic E-state index is 15.7. The van der Waals surface area contributed by atoms with Crippen molar-refractivity contribution in [3.05, 3.63) is 82.1 Å². The summed E-state index contributed by atoms with van der Waals surface area (Å²) in [7, 11) is 1.39. The Hall–Kier alpha value is -3.09. The van der Waals surface area contributed by atoms with E-state index in [1.165, 1.54) is 13.2 Å². The second-order valence-corrected chi connectivity index (χ2v) is 8.90. The number of amides is 1. The van der Waals surface area contributed by atoms with Gasteiger partial charge in [0.15, 0.2) is 17.2 Å². The van der Waals surface area contributed by atoms with Crippen LogP contribution < -0.4 is 20.5 Å². The first kappa shape index (κ1) is 21.7. The van der Waals surface area contributed by atoms with Crippen molar-refractivity contribution in [1.29, 1.82) is 0 Å². The van der Waals surface area contributed by atoms with E-state index in [2.05, 4.69) is 5.32 Å².